The summed E-state index contributed by atoms with van der Waals surface area (Å²) in [6.45, 7) is 8.74. The van der Waals surface area contributed by atoms with E-state index >= 15 is 0 Å². The highest BCUT2D eigenvalue weighted by Gasteiger charge is 2.26. The van der Waals surface area contributed by atoms with Crippen LogP contribution >= 0.6 is 0 Å². The molecule has 1 aromatic heterocycles. The van der Waals surface area contributed by atoms with E-state index in [-0.39, 0.29) is 34.2 Å². The SMILES string of the molecule is COc1ccc(-c2nnc(NC(=O)c3ccc(S(=O)(=O)N(CC(C)C)CC(C)C)cc3)o2)cc1OC. The number of amides is 1. The molecular formula is C25H32N4O6S. The Kier molecular flexibility index (Phi) is 8.70. The molecule has 36 heavy (non-hydrogen) atoms. The highest BCUT2D eigenvalue weighted by Crippen LogP contribution is 2.32. The van der Waals surface area contributed by atoms with Crippen LogP contribution in [0.25, 0.3) is 11.5 Å². The van der Waals surface area contributed by atoms with Gasteiger partial charge in [0.2, 0.25) is 15.9 Å². The summed E-state index contributed by atoms with van der Waals surface area (Å²) in [5, 5.41) is 10.4. The normalized spacial score (nSPS) is 11.8. The largest absolute Gasteiger partial charge is 0.493 e. The number of methoxy groups -OCH3 is 2. The first kappa shape index (κ1) is 27.2. The Bertz CT molecular complexity index is 1280. The van der Waals surface area contributed by atoms with Crippen molar-refractivity contribution in [3.63, 3.8) is 0 Å². The lowest BCUT2D eigenvalue weighted by Crippen LogP contribution is -2.37. The minimum atomic E-state index is -3.69. The summed E-state index contributed by atoms with van der Waals surface area (Å²) in [5.41, 5.74) is 0.835. The second-order valence-corrected chi connectivity index (χ2v) is 11.0. The van der Waals surface area contributed by atoms with E-state index in [2.05, 4.69) is 15.5 Å². The van der Waals surface area contributed by atoms with Gasteiger partial charge in [-0.2, -0.15) is 4.31 Å². The number of nitrogens with zero attached hydrogens (tertiary/aromatic N) is 3. The van der Waals surface area contributed by atoms with Gasteiger partial charge in [0.1, 0.15) is 0 Å². The highest BCUT2D eigenvalue weighted by atomic mass is 32.2. The number of anilines is 1. The summed E-state index contributed by atoms with van der Waals surface area (Å²) in [7, 11) is -0.637. The maximum absolute atomic E-state index is 13.2. The zero-order valence-corrected chi connectivity index (χ0v) is 22.1. The van der Waals surface area contributed by atoms with Crippen LogP contribution in [0.15, 0.2) is 51.8 Å². The van der Waals surface area contributed by atoms with Gasteiger partial charge in [0, 0.05) is 24.2 Å². The van der Waals surface area contributed by atoms with E-state index in [0.29, 0.717) is 30.2 Å². The minimum Gasteiger partial charge on any atom is -0.493 e. The van der Waals surface area contributed by atoms with E-state index in [1.807, 2.05) is 27.7 Å². The van der Waals surface area contributed by atoms with Crippen LogP contribution in [-0.4, -0.2) is 56.1 Å². The molecule has 3 rings (SSSR count). The van der Waals surface area contributed by atoms with Gasteiger partial charge in [-0.3, -0.25) is 10.1 Å². The number of ether oxygens (including phenoxy) is 2. The van der Waals surface area contributed by atoms with Gasteiger partial charge in [0.15, 0.2) is 11.5 Å². The molecule has 0 unspecified atom stereocenters. The van der Waals surface area contributed by atoms with Crippen LogP contribution in [0.3, 0.4) is 0 Å². The fourth-order valence-corrected chi connectivity index (χ4v) is 5.31. The molecule has 3 aromatic rings. The van der Waals surface area contributed by atoms with Crippen LogP contribution in [0.2, 0.25) is 0 Å². The molecule has 194 valence electrons. The van der Waals surface area contributed by atoms with Crippen molar-refractivity contribution < 1.29 is 27.1 Å². The number of hydrogen-bond donors (Lipinski definition) is 1. The number of sulfonamides is 1. The molecule has 11 heteroatoms. The molecule has 0 bridgehead atoms. The molecule has 0 spiro atoms. The molecule has 0 saturated heterocycles. The summed E-state index contributed by atoms with van der Waals surface area (Å²) in [4.78, 5) is 12.8. The van der Waals surface area contributed by atoms with Crippen molar-refractivity contribution >= 4 is 21.9 Å². The molecule has 1 N–H and O–H groups in total. The zero-order chi connectivity index (χ0) is 26.5. The highest BCUT2D eigenvalue weighted by molar-refractivity contribution is 7.89. The first-order valence-electron chi connectivity index (χ1n) is 11.5. The third kappa shape index (κ3) is 6.41. The number of rotatable bonds is 11. The predicted molar refractivity (Wildman–Crippen MR) is 136 cm³/mol. The number of nitrogens with one attached hydrogen (secondary N) is 1. The summed E-state index contributed by atoms with van der Waals surface area (Å²) in [6.07, 6.45) is 0. The van der Waals surface area contributed by atoms with Crippen LogP contribution in [0.5, 0.6) is 11.5 Å². The molecule has 1 heterocycles. The standard InChI is InChI=1S/C25H32N4O6S/c1-16(2)14-29(15-17(3)4)36(31,32)20-10-7-18(8-11-20)23(30)26-25-28-27-24(35-25)19-9-12-21(33-5)22(13-19)34-6/h7-13,16-17H,14-15H2,1-6H3,(H,26,28,30). The van der Waals surface area contributed by atoms with Gasteiger partial charge in [-0.15, -0.1) is 5.10 Å². The number of hydrogen-bond acceptors (Lipinski definition) is 8. The molecule has 2 aromatic carbocycles. The van der Waals surface area contributed by atoms with Gasteiger partial charge >= 0.3 is 6.01 Å². The molecule has 0 radical (unpaired) electrons. The molecule has 0 fully saturated rings. The number of carbonyl (C=O) groups excluding carboxylic acids is 1. The van der Waals surface area contributed by atoms with E-state index in [4.69, 9.17) is 13.9 Å². The van der Waals surface area contributed by atoms with Crippen LogP contribution in [0.1, 0.15) is 38.1 Å². The van der Waals surface area contributed by atoms with E-state index in [0.717, 1.165) is 0 Å². The Morgan fingerprint density at radius 3 is 2.11 bits per heavy atom. The van der Waals surface area contributed by atoms with E-state index < -0.39 is 15.9 Å². The maximum atomic E-state index is 13.2. The Labute approximate surface area is 211 Å². The Morgan fingerprint density at radius 2 is 1.56 bits per heavy atom. The molecule has 0 aliphatic carbocycles. The number of benzene rings is 2. The van der Waals surface area contributed by atoms with Gasteiger partial charge in [-0.25, -0.2) is 8.42 Å². The Hall–Kier alpha value is -3.44. The van der Waals surface area contributed by atoms with E-state index in [9.17, 15) is 13.2 Å². The summed E-state index contributed by atoms with van der Waals surface area (Å²) in [5.74, 6) is 1.08. The third-order valence-corrected chi connectivity index (χ3v) is 7.01. The van der Waals surface area contributed by atoms with Gasteiger partial charge < -0.3 is 13.9 Å². The van der Waals surface area contributed by atoms with Gasteiger partial charge in [0.25, 0.3) is 5.91 Å². The van der Waals surface area contributed by atoms with Crippen molar-refractivity contribution in [3.05, 3.63) is 48.0 Å². The van der Waals surface area contributed by atoms with Crippen LogP contribution in [0.4, 0.5) is 6.01 Å². The molecule has 0 saturated carbocycles. The number of aromatic nitrogens is 2. The van der Waals surface area contributed by atoms with Crippen LogP contribution in [-0.2, 0) is 10.0 Å². The lowest BCUT2D eigenvalue weighted by molar-refractivity contribution is 0.102. The fourth-order valence-electron chi connectivity index (χ4n) is 3.54. The van der Waals surface area contributed by atoms with Gasteiger partial charge in [-0.05, 0) is 54.3 Å². The smallest absolute Gasteiger partial charge is 0.322 e. The monoisotopic (exact) mass is 516 g/mol. The van der Waals surface area contributed by atoms with Crippen molar-refractivity contribution in [3.8, 4) is 23.0 Å². The first-order chi connectivity index (χ1) is 17.0. The lowest BCUT2D eigenvalue weighted by Gasteiger charge is -2.25. The van der Waals surface area contributed by atoms with E-state index in [1.165, 1.54) is 42.8 Å². The minimum absolute atomic E-state index is 0.0958. The molecule has 0 aliphatic heterocycles. The summed E-state index contributed by atoms with van der Waals surface area (Å²) < 4.78 is 43.9. The van der Waals surface area contributed by atoms with Gasteiger partial charge in [0.05, 0.1) is 19.1 Å². The Morgan fingerprint density at radius 1 is 0.944 bits per heavy atom. The predicted octanol–water partition coefficient (Wildman–Crippen LogP) is 4.31. The lowest BCUT2D eigenvalue weighted by atomic mass is 10.2. The van der Waals surface area contributed by atoms with Crippen molar-refractivity contribution in [2.24, 2.45) is 11.8 Å². The number of carbonyl (C=O) groups is 1. The molecule has 1 amide bonds. The second-order valence-electron chi connectivity index (χ2n) is 9.07. The average molecular weight is 517 g/mol. The van der Waals surface area contributed by atoms with Crippen LogP contribution in [0, 0.1) is 11.8 Å². The maximum Gasteiger partial charge on any atom is 0.322 e. The fraction of sp³-hybridized carbons (Fsp3) is 0.400. The van der Waals surface area contributed by atoms with E-state index in [1.54, 1.807) is 18.2 Å². The van der Waals surface area contributed by atoms with Crippen molar-refractivity contribution in [2.75, 3.05) is 32.6 Å². The first-order valence-corrected chi connectivity index (χ1v) is 13.0. The molecule has 0 atom stereocenters. The molecular weight excluding hydrogens is 484 g/mol. The van der Waals surface area contributed by atoms with Crippen molar-refractivity contribution in [2.45, 2.75) is 32.6 Å². The molecule has 10 nitrogen and oxygen atoms in total. The van der Waals surface area contributed by atoms with Crippen LogP contribution < -0.4 is 14.8 Å². The Balaban J connectivity index is 1.74. The second kappa shape index (κ2) is 11.5. The summed E-state index contributed by atoms with van der Waals surface area (Å²) >= 11 is 0. The quantitative estimate of drug-likeness (QED) is 0.400. The average Bonchev–Trinajstić information content (AvgIpc) is 3.31. The topological polar surface area (TPSA) is 124 Å². The third-order valence-electron chi connectivity index (χ3n) is 5.17. The summed E-state index contributed by atoms with van der Waals surface area (Å²) in [6, 6.07) is 10.8. The van der Waals surface area contributed by atoms with Gasteiger partial charge in [-0.1, -0.05) is 32.8 Å². The molecule has 0 aliphatic rings. The van der Waals surface area contributed by atoms with Crippen molar-refractivity contribution in [1.82, 2.24) is 14.5 Å². The van der Waals surface area contributed by atoms with Crippen molar-refractivity contribution in [1.29, 1.82) is 0 Å². The zero-order valence-electron chi connectivity index (χ0n) is 21.3.